The first-order chi connectivity index (χ1) is 12.3. The largest absolute Gasteiger partial charge is 0.354 e. The number of benzene rings is 1. The molecular formula is C19H23N5O. The lowest BCUT2D eigenvalue weighted by molar-refractivity contribution is -0.121. The van der Waals surface area contributed by atoms with Crippen LogP contribution in [0, 0.1) is 0 Å². The third kappa shape index (κ3) is 3.35. The van der Waals surface area contributed by atoms with Crippen LogP contribution in [0.5, 0.6) is 0 Å². The van der Waals surface area contributed by atoms with Crippen molar-refractivity contribution in [2.75, 3.05) is 42.5 Å². The Morgan fingerprint density at radius 2 is 1.80 bits per heavy atom. The summed E-state index contributed by atoms with van der Waals surface area (Å²) < 4.78 is 0. The number of hydrogen-bond acceptors (Lipinski definition) is 5. The summed E-state index contributed by atoms with van der Waals surface area (Å²) in [4.78, 5) is 19.5. The number of carbonyl (C=O) groups excluding carboxylic acids is 1. The maximum Gasteiger partial charge on any atom is 0.244 e. The molecule has 0 saturated carbocycles. The summed E-state index contributed by atoms with van der Waals surface area (Å²) in [6.07, 6.45) is 3.63. The van der Waals surface area contributed by atoms with Crippen molar-refractivity contribution >= 4 is 17.4 Å². The lowest BCUT2D eigenvalue weighted by atomic mass is 10.2. The average Bonchev–Trinajstić information content (AvgIpc) is 2.90. The van der Waals surface area contributed by atoms with Crippen LogP contribution in [0.4, 0.5) is 11.5 Å². The quantitative estimate of drug-likeness (QED) is 0.855. The number of para-hydroxylation sites is 1. The Morgan fingerprint density at radius 3 is 2.60 bits per heavy atom. The molecule has 2 saturated heterocycles. The maximum atomic E-state index is 12.9. The Balaban J connectivity index is 1.42. The zero-order chi connectivity index (χ0) is 17.1. The second kappa shape index (κ2) is 7.19. The molecule has 2 fully saturated rings. The molecule has 1 atom stereocenters. The molecule has 6 heteroatoms. The number of carbonyl (C=O) groups is 1. The van der Waals surface area contributed by atoms with Crippen LogP contribution in [-0.4, -0.2) is 59.8 Å². The number of rotatable bonds is 3. The molecule has 0 aliphatic carbocycles. The van der Waals surface area contributed by atoms with E-state index >= 15 is 0 Å². The molecule has 4 rings (SSSR count). The molecule has 0 bridgehead atoms. The minimum absolute atomic E-state index is 0.00186. The van der Waals surface area contributed by atoms with Gasteiger partial charge in [-0.3, -0.25) is 9.69 Å². The Labute approximate surface area is 148 Å². The molecule has 25 heavy (non-hydrogen) atoms. The van der Waals surface area contributed by atoms with Crippen LogP contribution >= 0.6 is 0 Å². The minimum atomic E-state index is 0.00186. The minimum Gasteiger partial charge on any atom is -0.354 e. The van der Waals surface area contributed by atoms with Crippen LogP contribution in [0.3, 0.4) is 0 Å². The molecule has 1 amide bonds. The van der Waals surface area contributed by atoms with E-state index in [0.29, 0.717) is 0 Å². The Kier molecular flexibility index (Phi) is 4.61. The highest BCUT2D eigenvalue weighted by Crippen LogP contribution is 2.25. The number of amides is 1. The van der Waals surface area contributed by atoms with E-state index < -0.39 is 0 Å². The summed E-state index contributed by atoms with van der Waals surface area (Å²) >= 11 is 0. The number of aromatic nitrogens is 2. The van der Waals surface area contributed by atoms with Gasteiger partial charge >= 0.3 is 0 Å². The van der Waals surface area contributed by atoms with Gasteiger partial charge in [0.25, 0.3) is 0 Å². The number of nitrogens with zero attached hydrogens (tertiary/aromatic N) is 5. The van der Waals surface area contributed by atoms with Crippen molar-refractivity contribution < 1.29 is 4.79 Å². The van der Waals surface area contributed by atoms with Crippen LogP contribution in [0.25, 0.3) is 0 Å². The second-order valence-corrected chi connectivity index (χ2v) is 6.59. The first kappa shape index (κ1) is 16.0. The van der Waals surface area contributed by atoms with Crippen LogP contribution in [0.2, 0.25) is 0 Å². The molecule has 1 aromatic carbocycles. The van der Waals surface area contributed by atoms with Gasteiger partial charge in [0.2, 0.25) is 5.91 Å². The molecular weight excluding hydrogens is 314 g/mol. The molecule has 0 spiro atoms. The molecule has 2 aliphatic heterocycles. The molecule has 2 aliphatic rings. The molecule has 3 heterocycles. The first-order valence-corrected chi connectivity index (χ1v) is 8.96. The fourth-order valence-corrected chi connectivity index (χ4v) is 3.81. The van der Waals surface area contributed by atoms with Gasteiger partial charge in [0.1, 0.15) is 0 Å². The number of hydrogen-bond donors (Lipinski definition) is 0. The van der Waals surface area contributed by atoms with Gasteiger partial charge in [-0.2, -0.15) is 5.10 Å². The summed E-state index contributed by atoms with van der Waals surface area (Å²) in [5.41, 5.74) is 1.01. The monoisotopic (exact) mass is 337 g/mol. The molecule has 0 radical (unpaired) electrons. The van der Waals surface area contributed by atoms with E-state index in [1.165, 1.54) is 0 Å². The van der Waals surface area contributed by atoms with Crippen molar-refractivity contribution in [3.8, 4) is 0 Å². The molecule has 2 aromatic rings. The Hall–Kier alpha value is -2.47. The zero-order valence-electron chi connectivity index (χ0n) is 14.3. The maximum absolute atomic E-state index is 12.9. The van der Waals surface area contributed by atoms with E-state index in [0.717, 1.165) is 57.1 Å². The lowest BCUT2D eigenvalue weighted by Gasteiger charge is -2.26. The zero-order valence-corrected chi connectivity index (χ0v) is 14.3. The van der Waals surface area contributed by atoms with Crippen molar-refractivity contribution in [1.29, 1.82) is 0 Å². The van der Waals surface area contributed by atoms with Gasteiger partial charge in [0.05, 0.1) is 6.04 Å². The van der Waals surface area contributed by atoms with Gasteiger partial charge in [-0.25, -0.2) is 0 Å². The van der Waals surface area contributed by atoms with E-state index in [9.17, 15) is 4.79 Å². The van der Waals surface area contributed by atoms with Gasteiger partial charge < -0.3 is 9.80 Å². The van der Waals surface area contributed by atoms with Crippen molar-refractivity contribution in [2.24, 2.45) is 0 Å². The molecule has 6 nitrogen and oxygen atoms in total. The Morgan fingerprint density at radius 1 is 0.920 bits per heavy atom. The van der Waals surface area contributed by atoms with Gasteiger partial charge in [0, 0.05) is 44.6 Å². The third-order valence-electron chi connectivity index (χ3n) is 5.10. The van der Waals surface area contributed by atoms with Crippen molar-refractivity contribution in [2.45, 2.75) is 18.9 Å². The molecule has 0 N–H and O–H groups in total. The van der Waals surface area contributed by atoms with Crippen molar-refractivity contribution in [3.05, 3.63) is 48.7 Å². The van der Waals surface area contributed by atoms with Crippen LogP contribution in [0.15, 0.2) is 48.7 Å². The van der Waals surface area contributed by atoms with Crippen molar-refractivity contribution in [3.63, 3.8) is 0 Å². The molecule has 130 valence electrons. The van der Waals surface area contributed by atoms with Crippen LogP contribution in [0.1, 0.15) is 12.8 Å². The third-order valence-corrected chi connectivity index (χ3v) is 5.10. The van der Waals surface area contributed by atoms with Gasteiger partial charge in [-0.15, -0.1) is 5.10 Å². The molecule has 1 unspecified atom stereocenters. The van der Waals surface area contributed by atoms with Crippen LogP contribution < -0.4 is 9.80 Å². The van der Waals surface area contributed by atoms with Crippen LogP contribution in [-0.2, 0) is 4.79 Å². The van der Waals surface area contributed by atoms with E-state index in [1.807, 2.05) is 47.4 Å². The summed E-state index contributed by atoms with van der Waals surface area (Å²) in [6.45, 7) is 4.48. The highest BCUT2D eigenvalue weighted by molar-refractivity contribution is 5.99. The predicted octanol–water partition coefficient (Wildman–Crippen LogP) is 1.79. The fourth-order valence-electron chi connectivity index (χ4n) is 3.81. The van der Waals surface area contributed by atoms with Gasteiger partial charge in [-0.05, 0) is 37.1 Å². The average molecular weight is 337 g/mol. The summed E-state index contributed by atoms with van der Waals surface area (Å²) in [5, 5.41) is 8.19. The highest BCUT2D eigenvalue weighted by Gasteiger charge is 2.37. The summed E-state index contributed by atoms with van der Waals surface area (Å²) in [7, 11) is 0. The van der Waals surface area contributed by atoms with Gasteiger partial charge in [0.15, 0.2) is 5.82 Å². The van der Waals surface area contributed by atoms with E-state index in [2.05, 4.69) is 20.0 Å². The topological polar surface area (TPSA) is 52.6 Å². The van der Waals surface area contributed by atoms with E-state index in [1.54, 1.807) is 6.20 Å². The summed E-state index contributed by atoms with van der Waals surface area (Å²) in [6, 6.07) is 13.9. The normalized spacial score (nSPS) is 22.2. The van der Waals surface area contributed by atoms with E-state index in [4.69, 9.17) is 0 Å². The van der Waals surface area contributed by atoms with Crippen molar-refractivity contribution in [1.82, 2.24) is 15.1 Å². The SMILES string of the molecule is O=C1C(N2CCCN(c3cccnn3)CC2)CCN1c1ccccc1. The Bertz CT molecular complexity index is 708. The predicted molar refractivity (Wildman–Crippen MR) is 97.6 cm³/mol. The number of anilines is 2. The molecule has 1 aromatic heterocycles. The first-order valence-electron chi connectivity index (χ1n) is 8.96. The fraction of sp³-hybridized carbons (Fsp3) is 0.421. The summed E-state index contributed by atoms with van der Waals surface area (Å²) in [5.74, 6) is 1.16. The second-order valence-electron chi connectivity index (χ2n) is 6.59. The highest BCUT2D eigenvalue weighted by atomic mass is 16.2. The van der Waals surface area contributed by atoms with E-state index in [-0.39, 0.29) is 11.9 Å². The standard InChI is InChI=1S/C19H23N5O/c25-19-17(9-13-24(19)16-6-2-1-3-7-16)22-11-5-12-23(15-14-22)18-8-4-10-20-21-18/h1-4,6-8,10,17H,5,9,11-15H2. The van der Waals surface area contributed by atoms with Gasteiger partial charge in [-0.1, -0.05) is 18.2 Å². The lowest BCUT2D eigenvalue weighted by Crippen LogP contribution is -2.43. The smallest absolute Gasteiger partial charge is 0.244 e.